The van der Waals surface area contributed by atoms with Crippen molar-refractivity contribution in [2.24, 2.45) is 0 Å². The molecule has 0 bridgehead atoms. The fraction of sp³-hybridized carbons (Fsp3) is 0.278. The Bertz CT molecular complexity index is 608. The van der Waals surface area contributed by atoms with Crippen molar-refractivity contribution in [3.05, 3.63) is 53.6 Å². The first-order valence-corrected chi connectivity index (χ1v) is 7.13. The predicted molar refractivity (Wildman–Crippen MR) is 84.7 cm³/mol. The summed E-state index contributed by atoms with van der Waals surface area (Å²) in [6.07, 6.45) is 1.95. The summed E-state index contributed by atoms with van der Waals surface area (Å²) in [4.78, 5) is 10.6. The molecule has 0 aliphatic rings. The zero-order valence-corrected chi connectivity index (χ0v) is 12.9. The number of ether oxygens (including phenoxy) is 3. The second kappa shape index (κ2) is 8.08. The topological polar surface area (TPSA) is 44.8 Å². The van der Waals surface area contributed by atoms with Gasteiger partial charge in [-0.15, -0.1) is 0 Å². The summed E-state index contributed by atoms with van der Waals surface area (Å²) >= 11 is 0. The normalized spacial score (nSPS) is 10.1. The summed E-state index contributed by atoms with van der Waals surface area (Å²) in [5, 5.41) is 0. The van der Waals surface area contributed by atoms with Crippen molar-refractivity contribution >= 4 is 6.29 Å². The zero-order chi connectivity index (χ0) is 15.8. The molecule has 116 valence electrons. The van der Waals surface area contributed by atoms with Gasteiger partial charge in [0.1, 0.15) is 18.6 Å². The van der Waals surface area contributed by atoms with Crippen LogP contribution in [0.1, 0.15) is 17.5 Å². The molecule has 4 heteroatoms. The third-order valence-corrected chi connectivity index (χ3v) is 3.34. The number of aryl methyl sites for hydroxylation is 1. The summed E-state index contributed by atoms with van der Waals surface area (Å²) in [6, 6.07) is 13.6. The molecule has 2 aromatic carbocycles. The van der Waals surface area contributed by atoms with Crippen LogP contribution in [-0.4, -0.2) is 20.5 Å². The smallest absolute Gasteiger partial charge is 0.164 e. The Morgan fingerprint density at radius 2 is 1.68 bits per heavy atom. The maximum Gasteiger partial charge on any atom is 0.164 e. The molecular weight excluding hydrogens is 280 g/mol. The van der Waals surface area contributed by atoms with Crippen molar-refractivity contribution in [1.29, 1.82) is 0 Å². The molecule has 4 nitrogen and oxygen atoms in total. The van der Waals surface area contributed by atoms with E-state index in [9.17, 15) is 4.79 Å². The Balaban J connectivity index is 2.22. The number of rotatable bonds is 8. The molecule has 0 aromatic heterocycles. The summed E-state index contributed by atoms with van der Waals surface area (Å²) in [5.74, 6) is 1.96. The van der Waals surface area contributed by atoms with Crippen molar-refractivity contribution in [3.63, 3.8) is 0 Å². The first kappa shape index (κ1) is 15.9. The molecule has 0 aliphatic heterocycles. The lowest BCUT2D eigenvalue weighted by molar-refractivity contribution is -0.107. The zero-order valence-electron chi connectivity index (χ0n) is 12.9. The molecule has 0 saturated carbocycles. The SMILES string of the molecule is COc1cc(OC)c(OCc2ccccc2)cc1CCC=O. The Hall–Kier alpha value is -2.49. The molecule has 2 rings (SSSR count). The molecule has 0 saturated heterocycles. The average molecular weight is 300 g/mol. The lowest BCUT2D eigenvalue weighted by Crippen LogP contribution is -2.01. The maximum atomic E-state index is 10.6. The number of hydrogen-bond donors (Lipinski definition) is 0. The van der Waals surface area contributed by atoms with E-state index >= 15 is 0 Å². The molecule has 0 unspecified atom stereocenters. The van der Waals surface area contributed by atoms with Gasteiger partial charge in [0, 0.05) is 12.5 Å². The summed E-state index contributed by atoms with van der Waals surface area (Å²) < 4.78 is 16.6. The number of hydrogen-bond acceptors (Lipinski definition) is 4. The summed E-state index contributed by atoms with van der Waals surface area (Å²) in [6.45, 7) is 0.455. The Kier molecular flexibility index (Phi) is 5.83. The molecule has 22 heavy (non-hydrogen) atoms. The second-order valence-corrected chi connectivity index (χ2v) is 4.79. The minimum atomic E-state index is 0.445. The number of methoxy groups -OCH3 is 2. The van der Waals surface area contributed by atoms with Gasteiger partial charge in [0.05, 0.1) is 14.2 Å². The molecule has 0 aliphatic carbocycles. The van der Waals surface area contributed by atoms with Gasteiger partial charge in [-0.05, 0) is 23.6 Å². The van der Waals surface area contributed by atoms with Gasteiger partial charge in [-0.1, -0.05) is 30.3 Å². The number of carbonyl (C=O) groups is 1. The first-order valence-electron chi connectivity index (χ1n) is 7.13. The van der Waals surface area contributed by atoms with Crippen molar-refractivity contribution in [2.75, 3.05) is 14.2 Å². The minimum Gasteiger partial charge on any atom is -0.496 e. The van der Waals surface area contributed by atoms with E-state index in [1.807, 2.05) is 36.4 Å². The first-order chi connectivity index (χ1) is 10.8. The highest BCUT2D eigenvalue weighted by Gasteiger charge is 2.12. The van der Waals surface area contributed by atoms with E-state index < -0.39 is 0 Å². The van der Waals surface area contributed by atoms with Gasteiger partial charge in [0.2, 0.25) is 0 Å². The van der Waals surface area contributed by atoms with Gasteiger partial charge < -0.3 is 19.0 Å². The van der Waals surface area contributed by atoms with Crippen LogP contribution in [0.15, 0.2) is 42.5 Å². The molecule has 0 heterocycles. The highest BCUT2D eigenvalue weighted by molar-refractivity contribution is 5.54. The third kappa shape index (κ3) is 4.01. The third-order valence-electron chi connectivity index (χ3n) is 3.34. The van der Waals surface area contributed by atoms with Gasteiger partial charge in [0.25, 0.3) is 0 Å². The molecule has 0 atom stereocenters. The minimum absolute atomic E-state index is 0.445. The highest BCUT2D eigenvalue weighted by atomic mass is 16.5. The quantitative estimate of drug-likeness (QED) is 0.701. The Labute approximate surface area is 130 Å². The molecule has 0 fully saturated rings. The van der Waals surface area contributed by atoms with E-state index in [2.05, 4.69) is 0 Å². The van der Waals surface area contributed by atoms with Crippen molar-refractivity contribution in [2.45, 2.75) is 19.4 Å². The number of aldehydes is 1. The predicted octanol–water partition coefficient (Wildman–Crippen LogP) is 3.41. The van der Waals surface area contributed by atoms with Crippen LogP contribution in [-0.2, 0) is 17.8 Å². The number of benzene rings is 2. The number of carbonyl (C=O) groups excluding carboxylic acids is 1. The maximum absolute atomic E-state index is 10.6. The lowest BCUT2D eigenvalue weighted by atomic mass is 10.1. The largest absolute Gasteiger partial charge is 0.496 e. The molecule has 0 radical (unpaired) electrons. The Morgan fingerprint density at radius 3 is 2.32 bits per heavy atom. The van der Waals surface area contributed by atoms with E-state index in [0.717, 1.165) is 17.4 Å². The standard InChI is InChI=1S/C18H20O4/c1-20-16-12-17(21-2)18(11-15(16)9-6-10-19)22-13-14-7-4-3-5-8-14/h3-5,7-8,10-12H,6,9,13H2,1-2H3. The summed E-state index contributed by atoms with van der Waals surface area (Å²) in [5.41, 5.74) is 2.01. The van der Waals surface area contributed by atoms with Crippen LogP contribution in [0.3, 0.4) is 0 Å². The average Bonchev–Trinajstić information content (AvgIpc) is 2.58. The second-order valence-electron chi connectivity index (χ2n) is 4.79. The van der Waals surface area contributed by atoms with E-state index in [1.54, 1.807) is 20.3 Å². The van der Waals surface area contributed by atoms with E-state index in [4.69, 9.17) is 14.2 Å². The lowest BCUT2D eigenvalue weighted by Gasteiger charge is -2.15. The fourth-order valence-electron chi connectivity index (χ4n) is 2.19. The molecular formula is C18H20O4. The van der Waals surface area contributed by atoms with Crippen LogP contribution in [0.25, 0.3) is 0 Å². The molecule has 0 spiro atoms. The van der Waals surface area contributed by atoms with Crippen molar-refractivity contribution in [3.8, 4) is 17.2 Å². The monoisotopic (exact) mass is 300 g/mol. The van der Waals surface area contributed by atoms with Crippen molar-refractivity contribution in [1.82, 2.24) is 0 Å². The highest BCUT2D eigenvalue weighted by Crippen LogP contribution is 2.35. The fourth-order valence-corrected chi connectivity index (χ4v) is 2.19. The van der Waals surface area contributed by atoms with Gasteiger partial charge in [-0.25, -0.2) is 0 Å². The van der Waals surface area contributed by atoms with Crippen LogP contribution >= 0.6 is 0 Å². The molecule has 0 N–H and O–H groups in total. The van der Waals surface area contributed by atoms with E-state index in [-0.39, 0.29) is 0 Å². The summed E-state index contributed by atoms with van der Waals surface area (Å²) in [7, 11) is 3.19. The van der Waals surface area contributed by atoms with Crippen LogP contribution in [0.2, 0.25) is 0 Å². The van der Waals surface area contributed by atoms with Gasteiger partial charge in [0.15, 0.2) is 11.5 Å². The van der Waals surface area contributed by atoms with Crippen LogP contribution in [0.4, 0.5) is 0 Å². The van der Waals surface area contributed by atoms with E-state index in [0.29, 0.717) is 36.7 Å². The Morgan fingerprint density at radius 1 is 0.955 bits per heavy atom. The van der Waals surface area contributed by atoms with Crippen LogP contribution in [0, 0.1) is 0 Å². The molecule has 2 aromatic rings. The molecule has 0 amide bonds. The van der Waals surface area contributed by atoms with Gasteiger partial charge >= 0.3 is 0 Å². The van der Waals surface area contributed by atoms with Crippen LogP contribution in [0.5, 0.6) is 17.2 Å². The van der Waals surface area contributed by atoms with Crippen LogP contribution < -0.4 is 14.2 Å². The van der Waals surface area contributed by atoms with Crippen molar-refractivity contribution < 1.29 is 19.0 Å². The van der Waals surface area contributed by atoms with E-state index in [1.165, 1.54) is 0 Å². The van der Waals surface area contributed by atoms with Gasteiger partial charge in [-0.3, -0.25) is 0 Å². The van der Waals surface area contributed by atoms with Gasteiger partial charge in [-0.2, -0.15) is 0 Å².